The Morgan fingerprint density at radius 1 is 1.53 bits per heavy atom. The highest BCUT2D eigenvalue weighted by Gasteiger charge is 2.11. The molecule has 0 atom stereocenters. The first-order chi connectivity index (χ1) is 8.20. The van der Waals surface area contributed by atoms with Crippen LogP contribution in [0.2, 0.25) is 0 Å². The standard InChI is InChI=1S/C9H13N5O2S/c1-5-12-6(13-16-5)3-4-11-9-7(15-2)8(10)14-17-9/h11H,3-4H2,1-2H3,(H2,10,14). The van der Waals surface area contributed by atoms with Crippen molar-refractivity contribution in [2.45, 2.75) is 13.3 Å². The summed E-state index contributed by atoms with van der Waals surface area (Å²) in [5, 5.41) is 7.78. The average Bonchev–Trinajstić information content (AvgIpc) is 2.86. The lowest BCUT2D eigenvalue weighted by molar-refractivity contribution is 0.387. The van der Waals surface area contributed by atoms with Crippen molar-refractivity contribution in [3.8, 4) is 5.75 Å². The Bertz CT molecular complexity index is 495. The molecule has 0 bridgehead atoms. The van der Waals surface area contributed by atoms with Gasteiger partial charge < -0.3 is 20.3 Å². The fraction of sp³-hybridized carbons (Fsp3) is 0.444. The SMILES string of the molecule is COc1c(N)nsc1NCCc1noc(C)n1. The number of nitrogens with zero attached hydrogens (tertiary/aromatic N) is 3. The van der Waals surface area contributed by atoms with Gasteiger partial charge in [-0.2, -0.15) is 9.36 Å². The minimum Gasteiger partial charge on any atom is -0.490 e. The van der Waals surface area contributed by atoms with E-state index in [4.69, 9.17) is 15.0 Å². The van der Waals surface area contributed by atoms with Crippen LogP contribution >= 0.6 is 11.5 Å². The fourth-order valence-corrected chi connectivity index (χ4v) is 2.04. The van der Waals surface area contributed by atoms with Crippen LogP contribution in [0, 0.1) is 6.92 Å². The van der Waals surface area contributed by atoms with Gasteiger partial charge in [0.1, 0.15) is 0 Å². The molecule has 0 aromatic carbocycles. The summed E-state index contributed by atoms with van der Waals surface area (Å²) in [4.78, 5) is 4.10. The number of aromatic nitrogens is 3. The number of hydrogen-bond acceptors (Lipinski definition) is 8. The molecule has 0 spiro atoms. The van der Waals surface area contributed by atoms with Gasteiger partial charge >= 0.3 is 0 Å². The van der Waals surface area contributed by atoms with Gasteiger partial charge in [0.15, 0.2) is 22.4 Å². The molecule has 0 aliphatic rings. The van der Waals surface area contributed by atoms with E-state index in [-0.39, 0.29) is 0 Å². The zero-order valence-corrected chi connectivity index (χ0v) is 10.4. The average molecular weight is 255 g/mol. The van der Waals surface area contributed by atoms with Crippen molar-refractivity contribution in [1.29, 1.82) is 0 Å². The molecule has 0 saturated heterocycles. The largest absolute Gasteiger partial charge is 0.490 e. The summed E-state index contributed by atoms with van der Waals surface area (Å²) in [6.07, 6.45) is 0.665. The third-order valence-corrected chi connectivity index (χ3v) is 2.88. The first-order valence-electron chi connectivity index (χ1n) is 5.03. The zero-order chi connectivity index (χ0) is 12.3. The second-order valence-corrected chi connectivity index (χ2v) is 4.11. The van der Waals surface area contributed by atoms with Gasteiger partial charge in [0, 0.05) is 19.9 Å². The summed E-state index contributed by atoms with van der Waals surface area (Å²) in [6, 6.07) is 0. The summed E-state index contributed by atoms with van der Waals surface area (Å²) in [7, 11) is 1.56. The van der Waals surface area contributed by atoms with Gasteiger partial charge in [-0.3, -0.25) is 0 Å². The lowest BCUT2D eigenvalue weighted by atomic mass is 10.4. The first kappa shape index (κ1) is 11.6. The molecule has 0 radical (unpaired) electrons. The molecule has 3 N–H and O–H groups in total. The monoisotopic (exact) mass is 255 g/mol. The van der Waals surface area contributed by atoms with Crippen LogP contribution in [0.3, 0.4) is 0 Å². The highest BCUT2D eigenvalue weighted by Crippen LogP contribution is 2.34. The molecule has 92 valence electrons. The molecular formula is C9H13N5O2S. The molecule has 0 amide bonds. The number of nitrogens with one attached hydrogen (secondary N) is 1. The maximum absolute atomic E-state index is 5.63. The van der Waals surface area contributed by atoms with E-state index < -0.39 is 0 Å². The van der Waals surface area contributed by atoms with Crippen LogP contribution in [0.15, 0.2) is 4.52 Å². The molecule has 0 unspecified atom stereocenters. The van der Waals surface area contributed by atoms with Crippen LogP contribution in [0.25, 0.3) is 0 Å². The Balaban J connectivity index is 1.89. The summed E-state index contributed by atoms with van der Waals surface area (Å²) < 4.78 is 14.0. The maximum Gasteiger partial charge on any atom is 0.223 e. The van der Waals surface area contributed by atoms with Crippen molar-refractivity contribution >= 4 is 22.4 Å². The Morgan fingerprint density at radius 3 is 3.00 bits per heavy atom. The summed E-state index contributed by atoms with van der Waals surface area (Å²) in [5.74, 6) is 2.22. The van der Waals surface area contributed by atoms with E-state index in [0.29, 0.717) is 36.2 Å². The van der Waals surface area contributed by atoms with Crippen LogP contribution < -0.4 is 15.8 Å². The van der Waals surface area contributed by atoms with Gasteiger partial charge in [0.25, 0.3) is 0 Å². The van der Waals surface area contributed by atoms with E-state index in [0.717, 1.165) is 5.00 Å². The lowest BCUT2D eigenvalue weighted by Gasteiger charge is -2.03. The molecule has 0 aliphatic carbocycles. The Labute approximate surface area is 102 Å². The van der Waals surface area contributed by atoms with Gasteiger partial charge in [-0.25, -0.2) is 0 Å². The van der Waals surface area contributed by atoms with Crippen LogP contribution in [0.4, 0.5) is 10.8 Å². The van der Waals surface area contributed by atoms with Crippen LogP contribution in [-0.4, -0.2) is 28.2 Å². The first-order valence-corrected chi connectivity index (χ1v) is 5.80. The number of rotatable bonds is 5. The molecule has 0 aliphatic heterocycles. The molecule has 2 rings (SSSR count). The number of nitrogen functional groups attached to an aromatic ring is 1. The lowest BCUT2D eigenvalue weighted by Crippen LogP contribution is -2.05. The number of anilines is 2. The molecule has 0 fully saturated rings. The van der Waals surface area contributed by atoms with Crippen molar-refractivity contribution < 1.29 is 9.26 Å². The molecule has 8 heteroatoms. The van der Waals surface area contributed by atoms with E-state index in [1.807, 2.05) is 0 Å². The molecule has 2 heterocycles. The van der Waals surface area contributed by atoms with Crippen molar-refractivity contribution in [3.05, 3.63) is 11.7 Å². The number of hydrogen-bond donors (Lipinski definition) is 2. The third-order valence-electron chi connectivity index (χ3n) is 2.08. The summed E-state index contributed by atoms with van der Waals surface area (Å²) >= 11 is 1.27. The van der Waals surface area contributed by atoms with Gasteiger partial charge in [-0.05, 0) is 11.5 Å². The Kier molecular flexibility index (Phi) is 3.43. The van der Waals surface area contributed by atoms with E-state index >= 15 is 0 Å². The maximum atomic E-state index is 5.63. The van der Waals surface area contributed by atoms with Crippen molar-refractivity contribution in [2.24, 2.45) is 0 Å². The number of nitrogens with two attached hydrogens (primary N) is 1. The molecular weight excluding hydrogens is 242 g/mol. The van der Waals surface area contributed by atoms with E-state index in [9.17, 15) is 0 Å². The van der Waals surface area contributed by atoms with E-state index in [1.165, 1.54) is 11.5 Å². The molecule has 7 nitrogen and oxygen atoms in total. The van der Waals surface area contributed by atoms with Gasteiger partial charge in [0.05, 0.1) is 7.11 Å². The second kappa shape index (κ2) is 5.00. The Hall–Kier alpha value is -1.83. The highest BCUT2D eigenvalue weighted by molar-refractivity contribution is 7.11. The predicted octanol–water partition coefficient (Wildman–Crippen LogP) is 1.08. The van der Waals surface area contributed by atoms with E-state index in [1.54, 1.807) is 14.0 Å². The highest BCUT2D eigenvalue weighted by atomic mass is 32.1. The molecule has 2 aromatic rings. The van der Waals surface area contributed by atoms with Crippen LogP contribution in [0.5, 0.6) is 5.75 Å². The molecule has 17 heavy (non-hydrogen) atoms. The van der Waals surface area contributed by atoms with Gasteiger partial charge in [0.2, 0.25) is 5.89 Å². The van der Waals surface area contributed by atoms with Crippen molar-refractivity contribution in [2.75, 3.05) is 24.7 Å². The smallest absolute Gasteiger partial charge is 0.223 e. The minimum atomic E-state index is 0.399. The number of aryl methyl sites for hydroxylation is 1. The number of ether oxygens (including phenoxy) is 1. The summed E-state index contributed by atoms with van der Waals surface area (Å²) in [5.41, 5.74) is 5.63. The quantitative estimate of drug-likeness (QED) is 0.824. The number of methoxy groups -OCH3 is 1. The normalized spacial score (nSPS) is 10.5. The van der Waals surface area contributed by atoms with Gasteiger partial charge in [-0.15, -0.1) is 0 Å². The topological polar surface area (TPSA) is 99.1 Å². The second-order valence-electron chi connectivity index (χ2n) is 3.34. The molecule has 2 aromatic heterocycles. The van der Waals surface area contributed by atoms with Crippen molar-refractivity contribution in [1.82, 2.24) is 14.5 Å². The third kappa shape index (κ3) is 2.64. The zero-order valence-electron chi connectivity index (χ0n) is 9.56. The summed E-state index contributed by atoms with van der Waals surface area (Å²) in [6.45, 7) is 2.42. The van der Waals surface area contributed by atoms with E-state index in [2.05, 4.69) is 19.8 Å². The minimum absolute atomic E-state index is 0.399. The van der Waals surface area contributed by atoms with Crippen LogP contribution in [-0.2, 0) is 6.42 Å². The Morgan fingerprint density at radius 2 is 2.35 bits per heavy atom. The van der Waals surface area contributed by atoms with Crippen molar-refractivity contribution in [3.63, 3.8) is 0 Å². The van der Waals surface area contributed by atoms with Crippen LogP contribution in [0.1, 0.15) is 11.7 Å². The van der Waals surface area contributed by atoms with Gasteiger partial charge in [-0.1, -0.05) is 5.16 Å². The fourth-order valence-electron chi connectivity index (χ4n) is 1.33. The predicted molar refractivity (Wildman–Crippen MR) is 64.3 cm³/mol. The molecule has 0 saturated carbocycles.